The van der Waals surface area contributed by atoms with Crippen molar-refractivity contribution in [3.8, 4) is 16.9 Å². The molecule has 1 aliphatic heterocycles. The second-order valence-electron chi connectivity index (χ2n) is 7.95. The Bertz CT molecular complexity index is 1080. The van der Waals surface area contributed by atoms with Crippen molar-refractivity contribution >= 4 is 27.3 Å². The number of anilines is 2. The molecule has 0 bridgehead atoms. The summed E-state index contributed by atoms with van der Waals surface area (Å²) in [6.07, 6.45) is 4.71. The molecular weight excluding hydrogens is 414 g/mol. The highest BCUT2D eigenvalue weighted by Crippen LogP contribution is 2.43. The van der Waals surface area contributed by atoms with Gasteiger partial charge in [-0.3, -0.25) is 9.52 Å². The van der Waals surface area contributed by atoms with Crippen LogP contribution in [0.25, 0.3) is 11.1 Å². The summed E-state index contributed by atoms with van der Waals surface area (Å²) in [6, 6.07) is 11.5. The summed E-state index contributed by atoms with van der Waals surface area (Å²) in [5, 5.41) is 0. The zero-order valence-corrected chi connectivity index (χ0v) is 19.2. The van der Waals surface area contributed by atoms with Crippen molar-refractivity contribution in [3.63, 3.8) is 0 Å². The lowest BCUT2D eigenvalue weighted by atomic mass is 9.92. The van der Waals surface area contributed by atoms with Crippen LogP contribution in [0, 0.1) is 0 Å². The summed E-state index contributed by atoms with van der Waals surface area (Å²) in [5.74, 6) is 0.552. The van der Waals surface area contributed by atoms with Gasteiger partial charge < -0.3 is 14.5 Å². The molecule has 0 aliphatic carbocycles. The van der Waals surface area contributed by atoms with E-state index in [4.69, 9.17) is 4.74 Å². The number of nitrogens with one attached hydrogen (secondary N) is 1. The Labute approximate surface area is 184 Å². The number of ether oxygens (including phenoxy) is 1. The highest BCUT2D eigenvalue weighted by atomic mass is 32.2. The minimum absolute atomic E-state index is 0.0617. The molecule has 8 heteroatoms. The summed E-state index contributed by atoms with van der Waals surface area (Å²) in [6.45, 7) is 6.04. The Morgan fingerprint density at radius 1 is 1.26 bits per heavy atom. The van der Waals surface area contributed by atoms with Gasteiger partial charge in [-0.1, -0.05) is 18.7 Å². The first kappa shape index (κ1) is 22.7. The van der Waals surface area contributed by atoms with Gasteiger partial charge in [-0.05, 0) is 55.8 Å². The number of carbonyl (C=O) groups is 1. The van der Waals surface area contributed by atoms with Crippen LogP contribution in [0.1, 0.15) is 18.9 Å². The van der Waals surface area contributed by atoms with Crippen LogP contribution >= 0.6 is 0 Å². The van der Waals surface area contributed by atoms with E-state index in [1.54, 1.807) is 26.2 Å². The summed E-state index contributed by atoms with van der Waals surface area (Å²) < 4.78 is 31.5. The topological polar surface area (TPSA) is 79.0 Å². The largest absolute Gasteiger partial charge is 0.483 e. The molecule has 1 amide bonds. The smallest absolute Gasteiger partial charge is 0.259 e. The molecule has 7 nitrogen and oxygen atoms in total. The molecule has 0 saturated heterocycles. The van der Waals surface area contributed by atoms with Gasteiger partial charge in [-0.25, -0.2) is 8.42 Å². The van der Waals surface area contributed by atoms with Crippen LogP contribution in [0.5, 0.6) is 5.75 Å². The second kappa shape index (κ2) is 9.01. The molecule has 0 unspecified atom stereocenters. The van der Waals surface area contributed by atoms with Crippen LogP contribution in [-0.2, 0) is 21.2 Å². The molecule has 0 fully saturated rings. The lowest BCUT2D eigenvalue weighted by Gasteiger charge is -2.35. The summed E-state index contributed by atoms with van der Waals surface area (Å²) in [4.78, 5) is 15.8. The van der Waals surface area contributed by atoms with Gasteiger partial charge in [0.2, 0.25) is 10.0 Å². The lowest BCUT2D eigenvalue weighted by molar-refractivity contribution is -0.130. The monoisotopic (exact) mass is 443 g/mol. The fourth-order valence-electron chi connectivity index (χ4n) is 3.70. The molecule has 1 atom stereocenters. The third-order valence-corrected chi connectivity index (χ3v) is 5.94. The maximum absolute atomic E-state index is 12.2. The fourth-order valence-corrected chi connectivity index (χ4v) is 4.26. The Kier molecular flexibility index (Phi) is 6.59. The van der Waals surface area contributed by atoms with Crippen molar-refractivity contribution in [1.29, 1.82) is 0 Å². The van der Waals surface area contributed by atoms with Crippen molar-refractivity contribution in [3.05, 3.63) is 54.7 Å². The number of fused-ring (bicyclic) bond motifs is 1. The summed E-state index contributed by atoms with van der Waals surface area (Å²) in [7, 11) is 0.0450. The van der Waals surface area contributed by atoms with Gasteiger partial charge in [0.25, 0.3) is 5.91 Å². The van der Waals surface area contributed by atoms with E-state index in [0.717, 1.165) is 41.5 Å². The van der Waals surface area contributed by atoms with Crippen molar-refractivity contribution in [2.24, 2.45) is 0 Å². The lowest BCUT2D eigenvalue weighted by Crippen LogP contribution is -2.33. The molecule has 31 heavy (non-hydrogen) atoms. The minimum Gasteiger partial charge on any atom is -0.483 e. The predicted molar refractivity (Wildman–Crippen MR) is 125 cm³/mol. The van der Waals surface area contributed by atoms with Crippen molar-refractivity contribution in [2.75, 3.05) is 36.6 Å². The highest BCUT2D eigenvalue weighted by molar-refractivity contribution is 7.92. The summed E-state index contributed by atoms with van der Waals surface area (Å²) >= 11 is 0. The molecule has 0 aromatic heterocycles. The number of benzene rings is 2. The fraction of sp³-hybridized carbons (Fsp3) is 0.348. The van der Waals surface area contributed by atoms with Crippen LogP contribution in [-0.4, -0.2) is 52.2 Å². The molecule has 166 valence electrons. The van der Waals surface area contributed by atoms with Crippen LogP contribution in [0.4, 0.5) is 11.4 Å². The molecular formula is C23H29N3O4S. The molecule has 0 saturated carbocycles. The maximum atomic E-state index is 12.2. The number of hydrogen-bond donors (Lipinski definition) is 1. The SMILES string of the molecule is C=CN1c2ccc(-c3ccc(NS(C)(=O)=O)cc3)c(OCC(=O)N(C)C)c2CC[C@@H]1C. The first-order chi connectivity index (χ1) is 14.6. The Morgan fingerprint density at radius 2 is 1.94 bits per heavy atom. The average Bonchev–Trinajstić information content (AvgIpc) is 2.71. The molecule has 1 aliphatic rings. The maximum Gasteiger partial charge on any atom is 0.259 e. The molecule has 0 radical (unpaired) electrons. The molecule has 1 N–H and O–H groups in total. The van der Waals surface area contributed by atoms with E-state index in [1.165, 1.54) is 4.90 Å². The number of sulfonamides is 1. The van der Waals surface area contributed by atoms with Gasteiger partial charge in [-0.15, -0.1) is 0 Å². The standard InChI is InChI=1S/C23H29N3O4S/c1-6-26-16(2)7-12-20-21(26)14-13-19(23(20)30-15-22(27)25(3)4)17-8-10-18(11-9-17)24-31(5,28)29/h6,8-11,13-14,16,24H,1,7,12,15H2,2-5H3/t16-/m0/s1. The van der Waals surface area contributed by atoms with Crippen molar-refractivity contribution in [2.45, 2.75) is 25.8 Å². The quantitative estimate of drug-likeness (QED) is 0.709. The van der Waals surface area contributed by atoms with E-state index in [-0.39, 0.29) is 12.5 Å². The third-order valence-electron chi connectivity index (χ3n) is 5.34. The number of rotatable bonds is 7. The van der Waals surface area contributed by atoms with E-state index in [1.807, 2.05) is 30.5 Å². The van der Waals surface area contributed by atoms with Gasteiger partial charge in [0.05, 0.1) is 6.26 Å². The van der Waals surface area contributed by atoms with Gasteiger partial charge in [0.15, 0.2) is 6.61 Å². The van der Waals surface area contributed by atoms with Crippen molar-refractivity contribution < 1.29 is 17.9 Å². The van der Waals surface area contributed by atoms with Gasteiger partial charge in [0.1, 0.15) is 5.75 Å². The molecule has 2 aromatic rings. The van der Waals surface area contributed by atoms with E-state index in [0.29, 0.717) is 17.5 Å². The Morgan fingerprint density at radius 3 is 2.52 bits per heavy atom. The zero-order chi connectivity index (χ0) is 22.8. The zero-order valence-electron chi connectivity index (χ0n) is 18.4. The predicted octanol–water partition coefficient (Wildman–Crippen LogP) is 3.48. The Balaban J connectivity index is 2.05. The minimum atomic E-state index is -3.35. The number of hydrogen-bond acceptors (Lipinski definition) is 5. The average molecular weight is 444 g/mol. The number of carbonyl (C=O) groups excluding carboxylic acids is 1. The van der Waals surface area contributed by atoms with E-state index in [9.17, 15) is 13.2 Å². The second-order valence-corrected chi connectivity index (χ2v) is 9.69. The van der Waals surface area contributed by atoms with Crippen molar-refractivity contribution in [1.82, 2.24) is 4.90 Å². The number of likely N-dealkylation sites (N-methyl/N-ethyl adjacent to an activating group) is 1. The van der Waals surface area contributed by atoms with E-state index < -0.39 is 10.0 Å². The summed E-state index contributed by atoms with van der Waals surface area (Å²) in [5.41, 5.74) is 4.29. The first-order valence-corrected chi connectivity index (χ1v) is 12.0. The van der Waals surface area contributed by atoms with Crippen LogP contribution in [0.15, 0.2) is 49.2 Å². The Hall–Kier alpha value is -3.00. The van der Waals surface area contributed by atoms with Crippen LogP contribution in [0.3, 0.4) is 0 Å². The molecule has 3 rings (SSSR count). The molecule has 1 heterocycles. The van der Waals surface area contributed by atoms with Gasteiger partial charge in [-0.2, -0.15) is 0 Å². The normalized spacial score (nSPS) is 15.7. The van der Waals surface area contributed by atoms with Gasteiger partial charge in [0, 0.05) is 42.6 Å². The van der Waals surface area contributed by atoms with E-state index >= 15 is 0 Å². The highest BCUT2D eigenvalue weighted by Gasteiger charge is 2.26. The first-order valence-electron chi connectivity index (χ1n) is 10.1. The van der Waals surface area contributed by atoms with Crippen LogP contribution < -0.4 is 14.4 Å². The molecule has 0 spiro atoms. The molecule has 2 aromatic carbocycles. The third kappa shape index (κ3) is 5.19. The van der Waals surface area contributed by atoms with Crippen LogP contribution in [0.2, 0.25) is 0 Å². The number of nitrogens with zero attached hydrogens (tertiary/aromatic N) is 2. The van der Waals surface area contributed by atoms with Gasteiger partial charge >= 0.3 is 0 Å². The number of amides is 1. The van der Waals surface area contributed by atoms with E-state index in [2.05, 4.69) is 23.1 Å².